The molecule has 7 heteroatoms. The maximum atomic E-state index is 12.8. The Balaban J connectivity index is 1.60. The van der Waals surface area contributed by atoms with Crippen molar-refractivity contribution in [2.24, 2.45) is 0 Å². The van der Waals surface area contributed by atoms with Crippen molar-refractivity contribution in [1.29, 1.82) is 0 Å². The third kappa shape index (κ3) is 4.57. The maximum absolute atomic E-state index is 12.8. The number of ether oxygens (including phenoxy) is 1. The Hall–Kier alpha value is -1.60. The van der Waals surface area contributed by atoms with E-state index in [2.05, 4.69) is 4.98 Å². The molecule has 26 heavy (non-hydrogen) atoms. The van der Waals surface area contributed by atoms with Gasteiger partial charge in [-0.3, -0.25) is 14.6 Å². The number of likely N-dealkylation sites (tertiary alicyclic amines) is 1. The number of carbonyl (C=O) groups excluding carboxylic acids is 2. The third-order valence-electron chi connectivity index (χ3n) is 5.19. The van der Waals surface area contributed by atoms with E-state index in [-0.39, 0.29) is 11.8 Å². The monoisotopic (exact) mass is 377 g/mol. The molecule has 2 aliphatic rings. The Morgan fingerprint density at radius 2 is 2.08 bits per heavy atom. The molecule has 2 fully saturated rings. The van der Waals surface area contributed by atoms with Gasteiger partial charge in [0.05, 0.1) is 36.6 Å². The highest BCUT2D eigenvalue weighted by Crippen LogP contribution is 2.32. The second kappa shape index (κ2) is 8.39. The van der Waals surface area contributed by atoms with E-state index in [9.17, 15) is 9.59 Å². The van der Waals surface area contributed by atoms with Crippen LogP contribution in [0.1, 0.15) is 30.7 Å². The summed E-state index contributed by atoms with van der Waals surface area (Å²) in [4.78, 5) is 33.1. The fourth-order valence-electron chi connectivity index (χ4n) is 3.69. The SMILES string of the molecule is CSCC(=O)N1CCC2(CC1)CC(=O)N(Cc1cccc(C)n1)CCO2. The van der Waals surface area contributed by atoms with E-state index in [4.69, 9.17) is 4.74 Å². The molecule has 142 valence electrons. The summed E-state index contributed by atoms with van der Waals surface area (Å²) in [6.07, 6.45) is 3.79. The lowest BCUT2D eigenvalue weighted by Gasteiger charge is -2.40. The lowest BCUT2D eigenvalue weighted by atomic mass is 9.87. The van der Waals surface area contributed by atoms with Gasteiger partial charge in [-0.2, -0.15) is 11.8 Å². The number of aromatic nitrogens is 1. The Labute approximate surface area is 159 Å². The Bertz CT molecular complexity index is 659. The first-order chi connectivity index (χ1) is 12.5. The Morgan fingerprint density at radius 3 is 2.77 bits per heavy atom. The summed E-state index contributed by atoms with van der Waals surface area (Å²) in [6, 6.07) is 5.88. The molecule has 3 rings (SSSR count). The predicted molar refractivity (Wildman–Crippen MR) is 102 cm³/mol. The van der Waals surface area contributed by atoms with Crippen LogP contribution in [-0.4, -0.2) is 70.4 Å². The van der Waals surface area contributed by atoms with Crippen LogP contribution in [0.5, 0.6) is 0 Å². The highest BCUT2D eigenvalue weighted by molar-refractivity contribution is 7.99. The van der Waals surface area contributed by atoms with Crippen LogP contribution in [0, 0.1) is 6.92 Å². The minimum absolute atomic E-state index is 0.120. The van der Waals surface area contributed by atoms with Crippen LogP contribution in [0.4, 0.5) is 0 Å². The van der Waals surface area contributed by atoms with Gasteiger partial charge in [0.2, 0.25) is 11.8 Å². The molecule has 0 aliphatic carbocycles. The van der Waals surface area contributed by atoms with Gasteiger partial charge in [0.15, 0.2) is 0 Å². The van der Waals surface area contributed by atoms with E-state index in [0.717, 1.165) is 24.2 Å². The van der Waals surface area contributed by atoms with Crippen LogP contribution in [0.15, 0.2) is 18.2 Å². The number of pyridine rings is 1. The molecule has 2 saturated heterocycles. The van der Waals surface area contributed by atoms with Gasteiger partial charge >= 0.3 is 0 Å². The molecule has 0 saturated carbocycles. The van der Waals surface area contributed by atoms with E-state index < -0.39 is 5.60 Å². The zero-order chi connectivity index (χ0) is 18.6. The molecule has 6 nitrogen and oxygen atoms in total. The van der Waals surface area contributed by atoms with E-state index in [1.807, 2.05) is 41.2 Å². The first-order valence-electron chi connectivity index (χ1n) is 9.12. The molecule has 0 bridgehead atoms. The molecular formula is C19H27N3O3S. The third-order valence-corrected chi connectivity index (χ3v) is 5.73. The van der Waals surface area contributed by atoms with Gasteiger partial charge in [-0.25, -0.2) is 0 Å². The van der Waals surface area contributed by atoms with Gasteiger partial charge in [-0.15, -0.1) is 0 Å². The predicted octanol–water partition coefficient (Wildman–Crippen LogP) is 1.86. The average Bonchev–Trinajstić information content (AvgIpc) is 2.75. The molecule has 2 amide bonds. The second-order valence-corrected chi connectivity index (χ2v) is 7.97. The van der Waals surface area contributed by atoms with Crippen molar-refractivity contribution in [3.8, 4) is 0 Å². The Morgan fingerprint density at radius 1 is 1.31 bits per heavy atom. The summed E-state index contributed by atoms with van der Waals surface area (Å²) in [7, 11) is 0. The molecule has 1 aromatic heterocycles. The minimum Gasteiger partial charge on any atom is -0.372 e. The number of thioether (sulfide) groups is 1. The van der Waals surface area contributed by atoms with Crippen LogP contribution in [0.25, 0.3) is 0 Å². The summed E-state index contributed by atoms with van der Waals surface area (Å²) < 4.78 is 6.16. The number of piperidine rings is 1. The van der Waals surface area contributed by atoms with Crippen molar-refractivity contribution in [3.63, 3.8) is 0 Å². The van der Waals surface area contributed by atoms with Crippen molar-refractivity contribution < 1.29 is 14.3 Å². The van der Waals surface area contributed by atoms with Gasteiger partial charge in [-0.1, -0.05) is 6.07 Å². The van der Waals surface area contributed by atoms with Crippen LogP contribution < -0.4 is 0 Å². The fraction of sp³-hybridized carbons (Fsp3) is 0.632. The molecule has 3 heterocycles. The van der Waals surface area contributed by atoms with Crippen molar-refractivity contribution >= 4 is 23.6 Å². The summed E-state index contributed by atoms with van der Waals surface area (Å²) in [6.45, 7) is 4.95. The molecule has 1 spiro atoms. The standard InChI is InChI=1S/C19H27N3O3S/c1-15-4-3-5-16(20-15)13-22-10-11-25-19(12-17(22)23)6-8-21(9-7-19)18(24)14-26-2/h3-5H,6-14H2,1-2H3. The topological polar surface area (TPSA) is 62.7 Å². The first-order valence-corrected chi connectivity index (χ1v) is 10.5. The highest BCUT2D eigenvalue weighted by Gasteiger charge is 2.41. The van der Waals surface area contributed by atoms with Crippen molar-refractivity contribution in [2.45, 2.75) is 38.3 Å². The molecule has 0 atom stereocenters. The highest BCUT2D eigenvalue weighted by atomic mass is 32.2. The van der Waals surface area contributed by atoms with Gasteiger partial charge in [0.1, 0.15) is 0 Å². The van der Waals surface area contributed by atoms with Crippen molar-refractivity contribution in [2.75, 3.05) is 38.2 Å². The normalized spacial score (nSPS) is 20.3. The second-order valence-electron chi connectivity index (χ2n) is 7.11. The van der Waals surface area contributed by atoms with E-state index in [1.54, 1.807) is 11.8 Å². The van der Waals surface area contributed by atoms with Gasteiger partial charge < -0.3 is 14.5 Å². The Kier molecular flexibility index (Phi) is 6.19. The number of nitrogens with zero attached hydrogens (tertiary/aromatic N) is 3. The molecule has 1 aromatic rings. The van der Waals surface area contributed by atoms with Crippen molar-refractivity contribution in [3.05, 3.63) is 29.6 Å². The van der Waals surface area contributed by atoms with Gasteiger partial charge in [-0.05, 0) is 38.2 Å². The van der Waals surface area contributed by atoms with Crippen molar-refractivity contribution in [1.82, 2.24) is 14.8 Å². The molecule has 0 radical (unpaired) electrons. The molecule has 0 N–H and O–H groups in total. The fourth-order valence-corrected chi connectivity index (χ4v) is 4.11. The lowest BCUT2D eigenvalue weighted by molar-refractivity contribution is -0.139. The van der Waals surface area contributed by atoms with Crippen LogP contribution in [0.3, 0.4) is 0 Å². The summed E-state index contributed by atoms with van der Waals surface area (Å²) in [5.74, 6) is 0.818. The van der Waals surface area contributed by atoms with Crippen LogP contribution in [-0.2, 0) is 20.9 Å². The molecule has 2 aliphatic heterocycles. The van der Waals surface area contributed by atoms with Gasteiger partial charge in [0.25, 0.3) is 0 Å². The van der Waals surface area contributed by atoms with Gasteiger partial charge in [0, 0.05) is 25.3 Å². The molecule has 0 aromatic carbocycles. The number of hydrogen-bond donors (Lipinski definition) is 0. The quantitative estimate of drug-likeness (QED) is 0.802. The van der Waals surface area contributed by atoms with Crippen LogP contribution >= 0.6 is 11.8 Å². The number of rotatable bonds is 4. The number of carbonyl (C=O) groups is 2. The van der Waals surface area contributed by atoms with E-state index >= 15 is 0 Å². The van der Waals surface area contributed by atoms with Crippen LogP contribution in [0.2, 0.25) is 0 Å². The zero-order valence-electron chi connectivity index (χ0n) is 15.6. The average molecular weight is 378 g/mol. The number of hydrogen-bond acceptors (Lipinski definition) is 5. The maximum Gasteiger partial charge on any atom is 0.232 e. The number of aryl methyl sites for hydroxylation is 1. The lowest BCUT2D eigenvalue weighted by Crippen LogP contribution is -2.49. The smallest absolute Gasteiger partial charge is 0.232 e. The largest absolute Gasteiger partial charge is 0.372 e. The zero-order valence-corrected chi connectivity index (χ0v) is 16.4. The minimum atomic E-state index is -0.415. The molecular weight excluding hydrogens is 350 g/mol. The van der Waals surface area contributed by atoms with E-state index in [0.29, 0.717) is 45.0 Å². The number of amides is 2. The van der Waals surface area contributed by atoms with E-state index in [1.165, 1.54) is 0 Å². The summed E-state index contributed by atoms with van der Waals surface area (Å²) >= 11 is 1.55. The summed E-state index contributed by atoms with van der Waals surface area (Å²) in [5.41, 5.74) is 1.45. The molecule has 0 unspecified atom stereocenters. The first kappa shape index (κ1) is 19.2. The summed E-state index contributed by atoms with van der Waals surface area (Å²) in [5, 5.41) is 0.